The van der Waals surface area contributed by atoms with Crippen molar-refractivity contribution in [3.8, 4) is 5.75 Å². The Morgan fingerprint density at radius 1 is 1.00 bits per heavy atom. The van der Waals surface area contributed by atoms with Crippen LogP contribution in [0.1, 0.15) is 17.2 Å². The van der Waals surface area contributed by atoms with Crippen LogP contribution in [0, 0.1) is 0 Å². The highest BCUT2D eigenvalue weighted by atomic mass is 16.5. The van der Waals surface area contributed by atoms with Crippen LogP contribution in [-0.4, -0.2) is 7.11 Å². The molecule has 90 valence electrons. The summed E-state index contributed by atoms with van der Waals surface area (Å²) in [6.07, 6.45) is 0. The maximum atomic E-state index is 8.69. The van der Waals surface area contributed by atoms with E-state index >= 15 is 0 Å². The zero-order valence-electron chi connectivity index (χ0n) is 10.0. The summed E-state index contributed by atoms with van der Waals surface area (Å²) < 4.78 is 5.11. The zero-order chi connectivity index (χ0) is 12.8. The van der Waals surface area contributed by atoms with E-state index in [1.165, 1.54) is 0 Å². The molecule has 0 N–H and O–H groups in total. The molecule has 0 bridgehead atoms. The van der Waals surface area contributed by atoms with E-state index in [1.807, 2.05) is 54.6 Å². The predicted octanol–water partition coefficient (Wildman–Crippen LogP) is 4.09. The zero-order valence-corrected chi connectivity index (χ0v) is 10.0. The summed E-state index contributed by atoms with van der Waals surface area (Å²) in [5.41, 5.74) is 10.6. The van der Waals surface area contributed by atoms with Crippen LogP contribution in [0.5, 0.6) is 5.75 Å². The average Bonchev–Trinajstić information content (AvgIpc) is 2.46. The lowest BCUT2D eigenvalue weighted by molar-refractivity contribution is 0.414. The van der Waals surface area contributed by atoms with Crippen LogP contribution in [0.25, 0.3) is 10.4 Å². The van der Waals surface area contributed by atoms with E-state index < -0.39 is 0 Å². The molecule has 0 spiro atoms. The molecule has 4 nitrogen and oxygen atoms in total. The van der Waals surface area contributed by atoms with E-state index in [9.17, 15) is 0 Å². The number of hydrogen-bond acceptors (Lipinski definition) is 2. The number of rotatable bonds is 4. The Hall–Kier alpha value is -2.45. The van der Waals surface area contributed by atoms with Gasteiger partial charge in [-0.25, -0.2) is 0 Å². The normalized spacial score (nSPS) is 11.4. The Balaban J connectivity index is 2.38. The lowest BCUT2D eigenvalue weighted by atomic mass is 9.99. The van der Waals surface area contributed by atoms with E-state index in [4.69, 9.17) is 10.3 Å². The van der Waals surface area contributed by atoms with E-state index in [2.05, 4.69) is 10.0 Å². The number of benzene rings is 2. The fourth-order valence-electron chi connectivity index (χ4n) is 1.80. The Morgan fingerprint density at radius 3 is 2.17 bits per heavy atom. The maximum Gasteiger partial charge on any atom is 0.118 e. The van der Waals surface area contributed by atoms with E-state index in [-0.39, 0.29) is 6.04 Å². The van der Waals surface area contributed by atoms with Crippen LogP contribution in [0.2, 0.25) is 0 Å². The Bertz CT molecular complexity index is 545. The van der Waals surface area contributed by atoms with Crippen LogP contribution in [-0.2, 0) is 0 Å². The SMILES string of the molecule is COc1ccc(C(N=[N+]=[N-])c2ccccc2)cc1. The van der Waals surface area contributed by atoms with Gasteiger partial charge in [0.05, 0.1) is 13.2 Å². The molecule has 0 saturated carbocycles. The van der Waals surface area contributed by atoms with Crippen LogP contribution in [0.15, 0.2) is 59.7 Å². The molecule has 0 fully saturated rings. The Morgan fingerprint density at radius 2 is 1.61 bits per heavy atom. The molecule has 2 rings (SSSR count). The van der Waals surface area contributed by atoms with Crippen molar-refractivity contribution in [2.75, 3.05) is 7.11 Å². The van der Waals surface area contributed by atoms with Crippen molar-refractivity contribution in [2.24, 2.45) is 5.11 Å². The van der Waals surface area contributed by atoms with Crippen molar-refractivity contribution in [1.82, 2.24) is 0 Å². The summed E-state index contributed by atoms with van der Waals surface area (Å²) in [7, 11) is 1.62. The van der Waals surface area contributed by atoms with Gasteiger partial charge in [-0.2, -0.15) is 0 Å². The molecule has 0 aliphatic heterocycles. The van der Waals surface area contributed by atoms with Crippen molar-refractivity contribution < 1.29 is 4.74 Å². The van der Waals surface area contributed by atoms with Crippen molar-refractivity contribution in [3.05, 3.63) is 76.2 Å². The first kappa shape index (κ1) is 12.0. The average molecular weight is 239 g/mol. The minimum Gasteiger partial charge on any atom is -0.497 e. The predicted molar refractivity (Wildman–Crippen MR) is 70.4 cm³/mol. The second-order valence-electron chi connectivity index (χ2n) is 3.79. The Labute approximate surface area is 105 Å². The number of ether oxygens (including phenoxy) is 1. The van der Waals surface area contributed by atoms with Gasteiger partial charge in [-0.05, 0) is 28.8 Å². The molecule has 18 heavy (non-hydrogen) atoms. The van der Waals surface area contributed by atoms with E-state index in [1.54, 1.807) is 7.11 Å². The van der Waals surface area contributed by atoms with Gasteiger partial charge in [0.15, 0.2) is 0 Å². The summed E-state index contributed by atoms with van der Waals surface area (Å²) in [5, 5.41) is 3.86. The fraction of sp³-hybridized carbons (Fsp3) is 0.143. The van der Waals surface area contributed by atoms with Gasteiger partial charge in [0.1, 0.15) is 5.75 Å². The van der Waals surface area contributed by atoms with Crippen molar-refractivity contribution in [1.29, 1.82) is 0 Å². The smallest absolute Gasteiger partial charge is 0.118 e. The van der Waals surface area contributed by atoms with Crippen LogP contribution < -0.4 is 4.74 Å². The molecule has 0 aliphatic rings. The monoisotopic (exact) mass is 239 g/mol. The molecule has 0 radical (unpaired) electrons. The number of nitrogens with zero attached hydrogens (tertiary/aromatic N) is 3. The van der Waals surface area contributed by atoms with Crippen molar-refractivity contribution in [2.45, 2.75) is 6.04 Å². The quantitative estimate of drug-likeness (QED) is 0.450. The van der Waals surface area contributed by atoms with Gasteiger partial charge in [0, 0.05) is 4.91 Å². The Kier molecular flexibility index (Phi) is 3.84. The summed E-state index contributed by atoms with van der Waals surface area (Å²) >= 11 is 0. The summed E-state index contributed by atoms with van der Waals surface area (Å²) in [6, 6.07) is 16.9. The molecule has 1 unspecified atom stereocenters. The van der Waals surface area contributed by atoms with Gasteiger partial charge in [-0.15, -0.1) is 0 Å². The third-order valence-electron chi connectivity index (χ3n) is 2.71. The van der Waals surface area contributed by atoms with Crippen LogP contribution in [0.4, 0.5) is 0 Å². The highest BCUT2D eigenvalue weighted by molar-refractivity contribution is 5.35. The second-order valence-corrected chi connectivity index (χ2v) is 3.79. The molecule has 4 heteroatoms. The molecular formula is C14H13N3O. The summed E-state index contributed by atoms with van der Waals surface area (Å²) in [6.45, 7) is 0. The highest BCUT2D eigenvalue weighted by Gasteiger charge is 2.11. The molecule has 2 aromatic carbocycles. The van der Waals surface area contributed by atoms with Gasteiger partial charge in [0.25, 0.3) is 0 Å². The minimum atomic E-state index is -0.304. The third-order valence-corrected chi connectivity index (χ3v) is 2.71. The lowest BCUT2D eigenvalue weighted by Gasteiger charge is -2.12. The third kappa shape index (κ3) is 2.62. The molecule has 0 saturated heterocycles. The molecule has 0 amide bonds. The van der Waals surface area contributed by atoms with Gasteiger partial charge in [0.2, 0.25) is 0 Å². The standard InChI is InChI=1S/C14H13N3O/c1-18-13-9-7-12(8-10-13)14(16-17-15)11-5-3-2-4-6-11/h2-10,14H,1H3. The van der Waals surface area contributed by atoms with Gasteiger partial charge in [-0.1, -0.05) is 47.6 Å². The molecule has 0 aliphatic carbocycles. The molecule has 2 aromatic rings. The van der Waals surface area contributed by atoms with Crippen molar-refractivity contribution >= 4 is 0 Å². The lowest BCUT2D eigenvalue weighted by Crippen LogP contribution is -1.96. The number of methoxy groups -OCH3 is 1. The maximum absolute atomic E-state index is 8.69. The van der Waals surface area contributed by atoms with E-state index in [0.29, 0.717) is 0 Å². The number of hydrogen-bond donors (Lipinski definition) is 0. The summed E-state index contributed by atoms with van der Waals surface area (Å²) in [4.78, 5) is 2.93. The molecular weight excluding hydrogens is 226 g/mol. The van der Waals surface area contributed by atoms with Gasteiger partial charge in [-0.3, -0.25) is 0 Å². The van der Waals surface area contributed by atoms with E-state index in [0.717, 1.165) is 16.9 Å². The van der Waals surface area contributed by atoms with Crippen molar-refractivity contribution in [3.63, 3.8) is 0 Å². The molecule has 1 atom stereocenters. The first-order valence-electron chi connectivity index (χ1n) is 5.58. The van der Waals surface area contributed by atoms with Crippen LogP contribution in [0.3, 0.4) is 0 Å². The minimum absolute atomic E-state index is 0.304. The second kappa shape index (κ2) is 5.75. The topological polar surface area (TPSA) is 58.0 Å². The van der Waals surface area contributed by atoms with Gasteiger partial charge < -0.3 is 4.74 Å². The highest BCUT2D eigenvalue weighted by Crippen LogP contribution is 2.27. The molecule has 0 heterocycles. The fourth-order valence-corrected chi connectivity index (χ4v) is 1.80. The number of azide groups is 1. The largest absolute Gasteiger partial charge is 0.497 e. The van der Waals surface area contributed by atoms with Crippen LogP contribution >= 0.6 is 0 Å². The molecule has 0 aromatic heterocycles. The van der Waals surface area contributed by atoms with Gasteiger partial charge >= 0.3 is 0 Å². The first-order valence-corrected chi connectivity index (χ1v) is 5.58. The first-order chi connectivity index (χ1) is 8.85. The summed E-state index contributed by atoms with van der Waals surface area (Å²) in [5.74, 6) is 0.784.